The zero-order valence-corrected chi connectivity index (χ0v) is 19.5. The Balaban J connectivity index is 1.26. The number of hydrogen-bond acceptors (Lipinski definition) is 7. The molecule has 0 saturated heterocycles. The second-order valence-electron chi connectivity index (χ2n) is 8.08. The minimum Gasteiger partial charge on any atom is -0.489 e. The second-order valence-corrected chi connectivity index (χ2v) is 9.16. The number of hydrogen-bond donors (Lipinski definition) is 0. The number of carbonyl (C=O) groups is 1. The molecule has 0 unspecified atom stereocenters. The molecule has 2 heterocycles. The van der Waals surface area contributed by atoms with E-state index in [1.807, 2.05) is 36.4 Å². The molecular weight excluding hydrogens is 450 g/mol. The summed E-state index contributed by atoms with van der Waals surface area (Å²) in [5, 5.41) is 5.07. The van der Waals surface area contributed by atoms with Crippen molar-refractivity contribution in [3.8, 4) is 5.75 Å². The van der Waals surface area contributed by atoms with Crippen LogP contribution in [0.15, 0.2) is 64.8 Å². The fourth-order valence-electron chi connectivity index (χ4n) is 4.02. The van der Waals surface area contributed by atoms with Gasteiger partial charge in [-0.15, -0.1) is 11.3 Å². The first kappa shape index (κ1) is 22.0. The lowest BCUT2D eigenvalue weighted by Gasteiger charge is -2.09. The standard InChI is InChI=1S/C26H23N3O4S/c1-32-26(31)19-10-6-18(7-11-19)15-33-20-12-8-17(9-13-20)14-28-29-16-27-24-23(25(29)30)21-4-2-3-5-22(21)34-24/h6-14,16H,2-5,15H2,1H3. The van der Waals surface area contributed by atoms with Gasteiger partial charge in [-0.05, 0) is 78.8 Å². The highest BCUT2D eigenvalue weighted by Crippen LogP contribution is 2.33. The van der Waals surface area contributed by atoms with Crippen molar-refractivity contribution in [1.29, 1.82) is 0 Å². The lowest BCUT2D eigenvalue weighted by atomic mass is 9.97. The van der Waals surface area contributed by atoms with Crippen LogP contribution in [0.4, 0.5) is 0 Å². The minimum atomic E-state index is -0.364. The quantitative estimate of drug-likeness (QED) is 0.302. The summed E-state index contributed by atoms with van der Waals surface area (Å²) in [7, 11) is 1.36. The lowest BCUT2D eigenvalue weighted by Crippen LogP contribution is -2.18. The zero-order chi connectivity index (χ0) is 23.5. The van der Waals surface area contributed by atoms with Crippen molar-refractivity contribution < 1.29 is 14.3 Å². The third-order valence-electron chi connectivity index (χ3n) is 5.85. The van der Waals surface area contributed by atoms with E-state index in [9.17, 15) is 9.59 Å². The molecule has 0 amide bonds. The molecule has 7 nitrogen and oxygen atoms in total. The van der Waals surface area contributed by atoms with Gasteiger partial charge in [-0.2, -0.15) is 9.78 Å². The number of nitrogens with zero attached hydrogens (tertiary/aromatic N) is 3. The number of rotatable bonds is 6. The molecule has 2 aromatic carbocycles. The van der Waals surface area contributed by atoms with Gasteiger partial charge in [-0.25, -0.2) is 9.78 Å². The maximum absolute atomic E-state index is 13.0. The summed E-state index contributed by atoms with van der Waals surface area (Å²) in [5.41, 5.74) is 3.33. The molecule has 4 aromatic rings. The van der Waals surface area contributed by atoms with Gasteiger partial charge in [0.15, 0.2) is 0 Å². The monoisotopic (exact) mass is 473 g/mol. The molecule has 0 spiro atoms. The van der Waals surface area contributed by atoms with E-state index in [-0.39, 0.29) is 11.5 Å². The Hall–Kier alpha value is -3.78. The number of aromatic nitrogens is 2. The molecule has 2 aromatic heterocycles. The van der Waals surface area contributed by atoms with Crippen LogP contribution in [0.5, 0.6) is 5.75 Å². The summed E-state index contributed by atoms with van der Waals surface area (Å²) in [5.74, 6) is 0.344. The number of carbonyl (C=O) groups excluding carboxylic acids is 1. The van der Waals surface area contributed by atoms with Crippen molar-refractivity contribution in [2.75, 3.05) is 7.11 Å². The molecule has 0 aliphatic heterocycles. The Morgan fingerprint density at radius 3 is 2.65 bits per heavy atom. The van der Waals surface area contributed by atoms with Crippen LogP contribution in [0.2, 0.25) is 0 Å². The van der Waals surface area contributed by atoms with E-state index in [4.69, 9.17) is 9.47 Å². The van der Waals surface area contributed by atoms with Crippen LogP contribution in [0.3, 0.4) is 0 Å². The second kappa shape index (κ2) is 9.61. The van der Waals surface area contributed by atoms with Gasteiger partial charge in [0.1, 0.15) is 23.5 Å². The molecule has 0 fully saturated rings. The molecule has 0 N–H and O–H groups in total. The number of esters is 1. The summed E-state index contributed by atoms with van der Waals surface area (Å²) >= 11 is 1.63. The van der Waals surface area contributed by atoms with Crippen LogP contribution >= 0.6 is 11.3 Å². The molecule has 1 aliphatic carbocycles. The highest BCUT2D eigenvalue weighted by atomic mass is 32.1. The fourth-order valence-corrected chi connectivity index (χ4v) is 5.24. The Labute approximate surface area is 200 Å². The zero-order valence-electron chi connectivity index (χ0n) is 18.7. The number of benzene rings is 2. The van der Waals surface area contributed by atoms with Crippen molar-refractivity contribution in [1.82, 2.24) is 9.66 Å². The number of ether oxygens (including phenoxy) is 2. The van der Waals surface area contributed by atoms with E-state index < -0.39 is 0 Å². The van der Waals surface area contributed by atoms with Crippen molar-refractivity contribution in [3.05, 3.63) is 92.3 Å². The Kier molecular flexibility index (Phi) is 6.22. The van der Waals surface area contributed by atoms with Gasteiger partial charge in [0.25, 0.3) is 5.56 Å². The summed E-state index contributed by atoms with van der Waals surface area (Å²) in [4.78, 5) is 31.1. The number of thiophene rings is 1. The first-order valence-electron chi connectivity index (χ1n) is 11.1. The van der Waals surface area contributed by atoms with Gasteiger partial charge in [0, 0.05) is 4.88 Å². The minimum absolute atomic E-state index is 0.112. The van der Waals surface area contributed by atoms with Gasteiger partial charge in [-0.1, -0.05) is 12.1 Å². The lowest BCUT2D eigenvalue weighted by molar-refractivity contribution is 0.0600. The fraction of sp³-hybridized carbons (Fsp3) is 0.231. The van der Waals surface area contributed by atoms with Crippen LogP contribution in [0.25, 0.3) is 10.2 Å². The predicted molar refractivity (Wildman–Crippen MR) is 132 cm³/mol. The molecular formula is C26H23N3O4S. The van der Waals surface area contributed by atoms with Crippen molar-refractivity contribution in [3.63, 3.8) is 0 Å². The largest absolute Gasteiger partial charge is 0.489 e. The van der Waals surface area contributed by atoms with E-state index in [0.29, 0.717) is 17.9 Å². The molecule has 5 rings (SSSR count). The summed E-state index contributed by atoms with van der Waals surface area (Å²) < 4.78 is 11.8. The third-order valence-corrected chi connectivity index (χ3v) is 7.05. The van der Waals surface area contributed by atoms with Crippen molar-refractivity contribution in [2.45, 2.75) is 32.3 Å². The topological polar surface area (TPSA) is 82.8 Å². The Morgan fingerprint density at radius 2 is 1.88 bits per heavy atom. The van der Waals surface area contributed by atoms with Crippen LogP contribution in [0.1, 0.15) is 44.8 Å². The van der Waals surface area contributed by atoms with E-state index in [2.05, 4.69) is 10.1 Å². The SMILES string of the molecule is COC(=O)c1ccc(COc2ccc(C=Nn3cnc4sc5c(c4c3=O)CCCC5)cc2)cc1. The Bertz CT molecular complexity index is 1420. The smallest absolute Gasteiger partial charge is 0.337 e. The molecule has 172 valence electrons. The maximum atomic E-state index is 13.0. The van der Waals surface area contributed by atoms with E-state index in [1.165, 1.54) is 29.4 Å². The van der Waals surface area contributed by atoms with Crippen LogP contribution < -0.4 is 10.3 Å². The van der Waals surface area contributed by atoms with Crippen LogP contribution in [-0.2, 0) is 24.2 Å². The summed E-state index contributed by atoms with van der Waals surface area (Å²) in [6.45, 7) is 0.376. The molecule has 0 bridgehead atoms. The average molecular weight is 474 g/mol. The molecule has 0 radical (unpaired) electrons. The average Bonchev–Trinajstić information content (AvgIpc) is 3.27. The third kappa shape index (κ3) is 4.49. The summed E-state index contributed by atoms with van der Waals surface area (Å²) in [6.07, 6.45) is 7.40. The maximum Gasteiger partial charge on any atom is 0.337 e. The first-order chi connectivity index (χ1) is 16.6. The van der Waals surface area contributed by atoms with Gasteiger partial charge in [0.05, 0.1) is 24.3 Å². The molecule has 0 atom stereocenters. The highest BCUT2D eigenvalue weighted by molar-refractivity contribution is 7.18. The van der Waals surface area contributed by atoms with Crippen molar-refractivity contribution in [2.24, 2.45) is 5.10 Å². The van der Waals surface area contributed by atoms with Gasteiger partial charge >= 0.3 is 5.97 Å². The normalized spacial score (nSPS) is 13.2. The van der Waals surface area contributed by atoms with E-state index >= 15 is 0 Å². The van der Waals surface area contributed by atoms with Gasteiger partial charge in [0.2, 0.25) is 0 Å². The highest BCUT2D eigenvalue weighted by Gasteiger charge is 2.19. The van der Waals surface area contributed by atoms with E-state index in [1.54, 1.807) is 29.7 Å². The molecule has 8 heteroatoms. The number of methoxy groups -OCH3 is 1. The molecule has 1 aliphatic rings. The van der Waals surface area contributed by atoms with Gasteiger partial charge in [-0.3, -0.25) is 4.79 Å². The number of fused-ring (bicyclic) bond motifs is 3. The van der Waals surface area contributed by atoms with Gasteiger partial charge < -0.3 is 9.47 Å². The summed E-state index contributed by atoms with van der Waals surface area (Å²) in [6, 6.07) is 14.5. The van der Waals surface area contributed by atoms with Crippen molar-refractivity contribution >= 4 is 33.7 Å². The molecule has 0 saturated carbocycles. The van der Waals surface area contributed by atoms with Crippen LogP contribution in [0, 0.1) is 0 Å². The Morgan fingerprint density at radius 1 is 1.12 bits per heavy atom. The number of aryl methyl sites for hydroxylation is 2. The molecule has 34 heavy (non-hydrogen) atoms. The first-order valence-corrected chi connectivity index (χ1v) is 11.9. The van der Waals surface area contributed by atoms with E-state index in [0.717, 1.165) is 46.2 Å². The van der Waals surface area contributed by atoms with Crippen LogP contribution in [-0.4, -0.2) is 29.0 Å². The predicted octanol–water partition coefficient (Wildman–Crippen LogP) is 4.58.